The number of fused-ring (bicyclic) bond motifs is 1. The summed E-state index contributed by atoms with van der Waals surface area (Å²) in [7, 11) is 1.60. The molecular weight excluding hydrogens is 412 g/mol. The number of piperazine rings is 1. The first kappa shape index (κ1) is 21.7. The van der Waals surface area contributed by atoms with Crippen LogP contribution in [0, 0.1) is 0 Å². The lowest BCUT2D eigenvalue weighted by Gasteiger charge is -2.34. The molecule has 2 heterocycles. The number of rotatable bonds is 5. The predicted octanol–water partition coefficient (Wildman–Crippen LogP) is 3.29. The van der Waals surface area contributed by atoms with Gasteiger partial charge in [-0.1, -0.05) is 12.1 Å². The van der Waals surface area contributed by atoms with Gasteiger partial charge in [0, 0.05) is 32.7 Å². The van der Waals surface area contributed by atoms with Gasteiger partial charge in [0.05, 0.1) is 24.8 Å². The van der Waals surface area contributed by atoms with Crippen LogP contribution in [0.1, 0.15) is 28.4 Å². The Morgan fingerprint density at radius 1 is 1.12 bits per heavy atom. The first-order valence-corrected chi connectivity index (χ1v) is 10.6. The van der Waals surface area contributed by atoms with Gasteiger partial charge >= 0.3 is 6.09 Å². The Morgan fingerprint density at radius 2 is 1.84 bits per heavy atom. The van der Waals surface area contributed by atoms with E-state index in [0.717, 1.165) is 11.3 Å². The fourth-order valence-corrected chi connectivity index (χ4v) is 3.83. The summed E-state index contributed by atoms with van der Waals surface area (Å²) in [5.41, 5.74) is 1.81. The van der Waals surface area contributed by atoms with Gasteiger partial charge in [0.2, 0.25) is 5.78 Å². The molecule has 8 heteroatoms. The standard InChI is InChI=1S/C24H26N2O6/c1-3-31-24(29)26-12-10-25(11-13-26)15-19-20(27)9-8-18-22(28)21(32-23(18)19)14-16-4-6-17(30-2)7-5-16/h4-9,14,27H,3,10-13,15H2,1-2H3/b21-14-. The van der Waals surface area contributed by atoms with E-state index in [-0.39, 0.29) is 23.4 Å². The zero-order valence-corrected chi connectivity index (χ0v) is 18.2. The van der Waals surface area contributed by atoms with E-state index in [1.165, 1.54) is 6.07 Å². The lowest BCUT2D eigenvalue weighted by atomic mass is 10.0. The molecule has 0 bridgehead atoms. The van der Waals surface area contributed by atoms with Crippen molar-refractivity contribution >= 4 is 18.0 Å². The summed E-state index contributed by atoms with van der Waals surface area (Å²) in [5, 5.41) is 10.5. The normalized spacial score (nSPS) is 17.2. The number of methoxy groups -OCH3 is 1. The van der Waals surface area contributed by atoms with E-state index in [1.54, 1.807) is 31.1 Å². The van der Waals surface area contributed by atoms with Gasteiger partial charge in [-0.3, -0.25) is 9.69 Å². The van der Waals surface area contributed by atoms with Crippen LogP contribution in [0.4, 0.5) is 4.79 Å². The molecule has 1 fully saturated rings. The van der Waals surface area contributed by atoms with Gasteiger partial charge in [0.25, 0.3) is 0 Å². The molecule has 168 valence electrons. The number of carbonyl (C=O) groups excluding carboxylic acids is 2. The number of hydrogen-bond donors (Lipinski definition) is 1. The van der Waals surface area contributed by atoms with E-state index in [1.807, 2.05) is 24.3 Å². The highest BCUT2D eigenvalue weighted by Crippen LogP contribution is 2.40. The van der Waals surface area contributed by atoms with Crippen molar-refractivity contribution in [2.75, 3.05) is 39.9 Å². The minimum Gasteiger partial charge on any atom is -0.507 e. The second-order valence-electron chi connectivity index (χ2n) is 7.61. The monoisotopic (exact) mass is 438 g/mol. The number of phenols is 1. The van der Waals surface area contributed by atoms with E-state index in [0.29, 0.717) is 56.2 Å². The molecule has 0 aliphatic carbocycles. The van der Waals surface area contributed by atoms with Crippen LogP contribution in [0.25, 0.3) is 6.08 Å². The summed E-state index contributed by atoms with van der Waals surface area (Å²) < 4.78 is 16.2. The molecule has 0 spiro atoms. The highest BCUT2D eigenvalue weighted by molar-refractivity contribution is 6.15. The van der Waals surface area contributed by atoms with E-state index >= 15 is 0 Å². The lowest BCUT2D eigenvalue weighted by molar-refractivity contribution is 0.0774. The number of allylic oxidation sites excluding steroid dienone is 1. The molecular formula is C24H26N2O6. The van der Waals surface area contributed by atoms with Gasteiger partial charge < -0.3 is 24.2 Å². The maximum absolute atomic E-state index is 12.9. The van der Waals surface area contributed by atoms with Crippen molar-refractivity contribution in [2.45, 2.75) is 13.5 Å². The molecule has 0 unspecified atom stereocenters. The van der Waals surface area contributed by atoms with Crippen molar-refractivity contribution in [3.63, 3.8) is 0 Å². The summed E-state index contributed by atoms with van der Waals surface area (Å²) in [5.74, 6) is 1.19. The zero-order valence-electron chi connectivity index (χ0n) is 18.2. The molecule has 2 aliphatic heterocycles. The van der Waals surface area contributed by atoms with Crippen LogP contribution >= 0.6 is 0 Å². The van der Waals surface area contributed by atoms with Crippen LogP contribution in [0.5, 0.6) is 17.2 Å². The van der Waals surface area contributed by atoms with Crippen molar-refractivity contribution in [3.05, 3.63) is 58.8 Å². The van der Waals surface area contributed by atoms with Gasteiger partial charge in [0.1, 0.15) is 17.2 Å². The fourth-order valence-electron chi connectivity index (χ4n) is 3.83. The number of nitrogens with zero attached hydrogens (tertiary/aromatic N) is 2. The van der Waals surface area contributed by atoms with Gasteiger partial charge in [-0.2, -0.15) is 0 Å². The maximum Gasteiger partial charge on any atom is 0.409 e. The Balaban J connectivity index is 1.50. The molecule has 0 aromatic heterocycles. The minimum absolute atomic E-state index is 0.0788. The number of Topliss-reactive ketones (excluding diaryl/α,β-unsaturated/α-hetero) is 1. The molecule has 8 nitrogen and oxygen atoms in total. The van der Waals surface area contributed by atoms with Crippen LogP contribution in [-0.2, 0) is 11.3 Å². The molecule has 1 saturated heterocycles. The maximum atomic E-state index is 12.9. The van der Waals surface area contributed by atoms with E-state index in [4.69, 9.17) is 14.2 Å². The van der Waals surface area contributed by atoms with Crippen LogP contribution in [-0.4, -0.2) is 66.7 Å². The quantitative estimate of drug-likeness (QED) is 0.717. The van der Waals surface area contributed by atoms with E-state index in [9.17, 15) is 14.7 Å². The Kier molecular flexibility index (Phi) is 6.32. The second kappa shape index (κ2) is 9.32. The smallest absolute Gasteiger partial charge is 0.409 e. The van der Waals surface area contributed by atoms with Gasteiger partial charge in [-0.15, -0.1) is 0 Å². The van der Waals surface area contributed by atoms with Gasteiger partial charge in [0.15, 0.2) is 5.76 Å². The lowest BCUT2D eigenvalue weighted by Crippen LogP contribution is -2.48. The van der Waals surface area contributed by atoms with Crippen molar-refractivity contribution in [1.82, 2.24) is 9.80 Å². The summed E-state index contributed by atoms with van der Waals surface area (Å²) >= 11 is 0. The average Bonchev–Trinajstić information content (AvgIpc) is 3.12. The molecule has 1 N–H and O–H groups in total. The van der Waals surface area contributed by atoms with Crippen molar-refractivity contribution in [2.24, 2.45) is 0 Å². The molecule has 2 aliphatic rings. The molecule has 2 aromatic rings. The van der Waals surface area contributed by atoms with Crippen LogP contribution in [0.3, 0.4) is 0 Å². The number of ether oxygens (including phenoxy) is 3. The fraction of sp³-hybridized carbons (Fsp3) is 0.333. The van der Waals surface area contributed by atoms with E-state index in [2.05, 4.69) is 4.90 Å². The highest BCUT2D eigenvalue weighted by atomic mass is 16.6. The number of ketones is 1. The third-order valence-corrected chi connectivity index (χ3v) is 5.61. The van der Waals surface area contributed by atoms with Crippen molar-refractivity contribution < 1.29 is 28.9 Å². The molecule has 2 aromatic carbocycles. The Labute approximate surface area is 186 Å². The molecule has 0 saturated carbocycles. The molecule has 4 rings (SSSR count). The van der Waals surface area contributed by atoms with Crippen LogP contribution < -0.4 is 9.47 Å². The summed E-state index contributed by atoms with van der Waals surface area (Å²) in [6.45, 7) is 4.88. The number of phenolic OH excluding ortho intramolecular Hbond substituents is 1. The van der Waals surface area contributed by atoms with Gasteiger partial charge in [-0.25, -0.2) is 4.79 Å². The zero-order chi connectivity index (χ0) is 22.7. The third kappa shape index (κ3) is 4.40. The summed E-state index contributed by atoms with van der Waals surface area (Å²) in [4.78, 5) is 28.6. The number of aromatic hydroxyl groups is 1. The van der Waals surface area contributed by atoms with Crippen molar-refractivity contribution in [3.8, 4) is 17.2 Å². The number of amides is 1. The summed E-state index contributed by atoms with van der Waals surface area (Å²) in [6.07, 6.45) is 1.37. The third-order valence-electron chi connectivity index (χ3n) is 5.61. The Bertz CT molecular complexity index is 1040. The van der Waals surface area contributed by atoms with Gasteiger partial charge in [-0.05, 0) is 42.8 Å². The average molecular weight is 438 g/mol. The first-order valence-electron chi connectivity index (χ1n) is 10.6. The first-order chi connectivity index (χ1) is 15.5. The van der Waals surface area contributed by atoms with Crippen LogP contribution in [0.2, 0.25) is 0 Å². The minimum atomic E-state index is -0.308. The highest BCUT2D eigenvalue weighted by Gasteiger charge is 2.32. The SMILES string of the molecule is CCOC(=O)N1CCN(Cc2c(O)ccc3c2O/C(=C\c2ccc(OC)cc2)C3=O)CC1. The predicted molar refractivity (Wildman–Crippen MR) is 118 cm³/mol. The number of hydrogen-bond acceptors (Lipinski definition) is 7. The Morgan fingerprint density at radius 3 is 2.50 bits per heavy atom. The summed E-state index contributed by atoms with van der Waals surface area (Å²) in [6, 6.07) is 10.4. The number of carbonyl (C=O) groups is 2. The number of benzene rings is 2. The molecule has 0 radical (unpaired) electrons. The second-order valence-corrected chi connectivity index (χ2v) is 7.61. The largest absolute Gasteiger partial charge is 0.507 e. The van der Waals surface area contributed by atoms with Crippen molar-refractivity contribution in [1.29, 1.82) is 0 Å². The molecule has 0 atom stereocenters. The molecule has 1 amide bonds. The topological polar surface area (TPSA) is 88.5 Å². The van der Waals surface area contributed by atoms with Crippen LogP contribution in [0.15, 0.2) is 42.2 Å². The Hall–Kier alpha value is -3.52. The van der Waals surface area contributed by atoms with E-state index < -0.39 is 0 Å². The molecule has 32 heavy (non-hydrogen) atoms.